The largest absolute Gasteiger partial charge is 0.484 e. The van der Waals surface area contributed by atoms with Crippen LogP contribution in [0.15, 0.2) is 42.5 Å². The summed E-state index contributed by atoms with van der Waals surface area (Å²) in [6.07, 6.45) is 0.932. The Hall–Kier alpha value is -3.13. The molecule has 0 aromatic heterocycles. The first-order chi connectivity index (χ1) is 14.8. The van der Waals surface area contributed by atoms with Crippen LogP contribution in [-0.4, -0.2) is 30.1 Å². The zero-order chi connectivity index (χ0) is 22.8. The molecule has 0 fully saturated rings. The normalized spacial score (nSPS) is 10.4. The monoisotopic (exact) mass is 443 g/mol. The lowest BCUT2D eigenvalue weighted by atomic mass is 10.0. The molecular formula is C23H29N3O4S. The van der Waals surface area contributed by atoms with Crippen molar-refractivity contribution in [2.75, 3.05) is 13.2 Å². The standard InChI is InChI=1S/C23H29N3O4S/c1-5-17-7-9-18(10-8-17)29-13-21(27)24-23(31)26-25-22(28)14-30-20-12-16(4)6-11-19(20)15(2)3/h6-12,15H,5,13-14H2,1-4H3,(H,25,28)(H2,24,26,27,31). The lowest BCUT2D eigenvalue weighted by molar-refractivity contribution is -0.124. The van der Waals surface area contributed by atoms with Gasteiger partial charge in [-0.15, -0.1) is 0 Å². The van der Waals surface area contributed by atoms with Crippen LogP contribution in [0.1, 0.15) is 43.4 Å². The van der Waals surface area contributed by atoms with E-state index in [4.69, 9.17) is 21.7 Å². The zero-order valence-electron chi connectivity index (χ0n) is 18.3. The van der Waals surface area contributed by atoms with Crippen molar-refractivity contribution in [3.05, 3.63) is 59.2 Å². The Labute approximate surface area is 188 Å². The van der Waals surface area contributed by atoms with E-state index in [-0.39, 0.29) is 24.2 Å². The highest BCUT2D eigenvalue weighted by molar-refractivity contribution is 7.80. The van der Waals surface area contributed by atoms with Gasteiger partial charge in [0.2, 0.25) is 0 Å². The van der Waals surface area contributed by atoms with Crippen molar-refractivity contribution in [2.45, 2.75) is 40.0 Å². The molecule has 0 unspecified atom stereocenters. The molecule has 166 valence electrons. The molecule has 31 heavy (non-hydrogen) atoms. The number of ether oxygens (including phenoxy) is 2. The lowest BCUT2D eigenvalue weighted by Gasteiger charge is -2.15. The predicted molar refractivity (Wildman–Crippen MR) is 124 cm³/mol. The van der Waals surface area contributed by atoms with Crippen molar-refractivity contribution in [2.24, 2.45) is 0 Å². The molecular weight excluding hydrogens is 414 g/mol. The lowest BCUT2D eigenvalue weighted by Crippen LogP contribution is -2.50. The van der Waals surface area contributed by atoms with Crippen molar-refractivity contribution in [3.63, 3.8) is 0 Å². The molecule has 0 saturated heterocycles. The molecule has 2 aromatic rings. The summed E-state index contributed by atoms with van der Waals surface area (Å²) in [6, 6.07) is 13.4. The van der Waals surface area contributed by atoms with Crippen LogP contribution in [0.3, 0.4) is 0 Å². The fraction of sp³-hybridized carbons (Fsp3) is 0.348. The Morgan fingerprint density at radius 1 is 0.968 bits per heavy atom. The second-order valence-electron chi connectivity index (χ2n) is 7.32. The molecule has 8 heteroatoms. The number of benzene rings is 2. The third-order valence-electron chi connectivity index (χ3n) is 4.42. The van der Waals surface area contributed by atoms with Gasteiger partial charge in [-0.25, -0.2) is 0 Å². The summed E-state index contributed by atoms with van der Waals surface area (Å²) < 4.78 is 11.1. The number of nitrogens with one attached hydrogen (secondary N) is 3. The van der Waals surface area contributed by atoms with Gasteiger partial charge in [0.05, 0.1) is 0 Å². The third kappa shape index (κ3) is 8.25. The highest BCUT2D eigenvalue weighted by Gasteiger charge is 2.11. The Balaban J connectivity index is 1.71. The molecule has 0 spiro atoms. The maximum atomic E-state index is 12.0. The van der Waals surface area contributed by atoms with Crippen LogP contribution < -0.4 is 25.6 Å². The second kappa shape index (κ2) is 11.9. The molecule has 0 atom stereocenters. The molecule has 0 heterocycles. The van der Waals surface area contributed by atoms with E-state index in [0.717, 1.165) is 17.5 Å². The van der Waals surface area contributed by atoms with Crippen molar-refractivity contribution in [1.29, 1.82) is 0 Å². The number of carbonyl (C=O) groups excluding carboxylic acids is 2. The average Bonchev–Trinajstić information content (AvgIpc) is 2.75. The summed E-state index contributed by atoms with van der Waals surface area (Å²) in [5, 5.41) is 2.39. The SMILES string of the molecule is CCc1ccc(OCC(=O)NC(=S)NNC(=O)COc2cc(C)ccc2C(C)C)cc1. The van der Waals surface area contributed by atoms with E-state index in [0.29, 0.717) is 11.5 Å². The van der Waals surface area contributed by atoms with E-state index in [1.54, 1.807) is 0 Å². The van der Waals surface area contributed by atoms with Gasteiger partial charge in [-0.1, -0.05) is 45.0 Å². The van der Waals surface area contributed by atoms with E-state index < -0.39 is 11.8 Å². The van der Waals surface area contributed by atoms with Gasteiger partial charge >= 0.3 is 0 Å². The van der Waals surface area contributed by atoms with E-state index in [2.05, 4.69) is 36.9 Å². The van der Waals surface area contributed by atoms with Crippen molar-refractivity contribution >= 4 is 29.1 Å². The first-order valence-electron chi connectivity index (χ1n) is 10.1. The van der Waals surface area contributed by atoms with Crippen LogP contribution in [0.4, 0.5) is 0 Å². The molecule has 0 radical (unpaired) electrons. The average molecular weight is 444 g/mol. The molecule has 3 N–H and O–H groups in total. The fourth-order valence-corrected chi connectivity index (χ4v) is 2.88. The molecule has 2 rings (SSSR count). The number of thiocarbonyl (C=S) groups is 1. The van der Waals surface area contributed by atoms with E-state index in [9.17, 15) is 9.59 Å². The van der Waals surface area contributed by atoms with Crippen LogP contribution in [0.25, 0.3) is 0 Å². The third-order valence-corrected chi connectivity index (χ3v) is 4.62. The molecule has 0 aliphatic rings. The predicted octanol–water partition coefficient (Wildman–Crippen LogP) is 3.16. The van der Waals surface area contributed by atoms with Gasteiger partial charge in [-0.2, -0.15) is 0 Å². The summed E-state index contributed by atoms with van der Waals surface area (Å²) in [5.74, 6) is 0.661. The topological polar surface area (TPSA) is 88.7 Å². The molecule has 7 nitrogen and oxygen atoms in total. The van der Waals surface area contributed by atoms with Crippen LogP contribution in [0.2, 0.25) is 0 Å². The number of carbonyl (C=O) groups is 2. The van der Waals surface area contributed by atoms with Crippen molar-refractivity contribution < 1.29 is 19.1 Å². The Bertz CT molecular complexity index is 914. The fourth-order valence-electron chi connectivity index (χ4n) is 2.71. The summed E-state index contributed by atoms with van der Waals surface area (Å²) in [6.45, 7) is 7.75. The van der Waals surface area contributed by atoms with Gasteiger partial charge in [-0.05, 0) is 66.4 Å². The summed E-state index contributed by atoms with van der Waals surface area (Å²) >= 11 is 5.01. The highest BCUT2D eigenvalue weighted by atomic mass is 32.1. The van der Waals surface area contributed by atoms with Gasteiger partial charge in [0, 0.05) is 0 Å². The second-order valence-corrected chi connectivity index (χ2v) is 7.73. The number of rotatable bonds is 8. The zero-order valence-corrected chi connectivity index (χ0v) is 19.1. The van der Waals surface area contributed by atoms with E-state index in [1.165, 1.54) is 5.56 Å². The minimum atomic E-state index is -0.441. The quantitative estimate of drug-likeness (QED) is 0.429. The molecule has 2 amide bonds. The summed E-state index contributed by atoms with van der Waals surface area (Å²) in [7, 11) is 0. The summed E-state index contributed by atoms with van der Waals surface area (Å²) in [5.41, 5.74) is 8.13. The van der Waals surface area contributed by atoms with Crippen LogP contribution in [0, 0.1) is 6.92 Å². The smallest absolute Gasteiger partial charge is 0.276 e. The van der Waals surface area contributed by atoms with Crippen molar-refractivity contribution in [3.8, 4) is 11.5 Å². The summed E-state index contributed by atoms with van der Waals surface area (Å²) in [4.78, 5) is 24.0. The Morgan fingerprint density at radius 3 is 2.29 bits per heavy atom. The maximum absolute atomic E-state index is 12.0. The molecule has 0 bridgehead atoms. The van der Waals surface area contributed by atoms with Gasteiger partial charge in [-0.3, -0.25) is 25.8 Å². The number of hydrogen-bond donors (Lipinski definition) is 3. The number of hydrazine groups is 1. The first kappa shape index (κ1) is 24.1. The first-order valence-corrected chi connectivity index (χ1v) is 10.5. The van der Waals surface area contributed by atoms with Gasteiger partial charge in [0.15, 0.2) is 18.3 Å². The highest BCUT2D eigenvalue weighted by Crippen LogP contribution is 2.27. The number of amides is 2. The van der Waals surface area contributed by atoms with E-state index >= 15 is 0 Å². The van der Waals surface area contributed by atoms with Gasteiger partial charge < -0.3 is 9.47 Å². The molecule has 2 aromatic carbocycles. The maximum Gasteiger partial charge on any atom is 0.276 e. The number of aryl methyl sites for hydroxylation is 2. The number of hydrogen-bond acceptors (Lipinski definition) is 5. The Morgan fingerprint density at radius 2 is 1.65 bits per heavy atom. The van der Waals surface area contributed by atoms with Crippen molar-refractivity contribution in [1.82, 2.24) is 16.2 Å². The molecule has 0 saturated carbocycles. The van der Waals surface area contributed by atoms with Crippen LogP contribution in [-0.2, 0) is 16.0 Å². The van der Waals surface area contributed by atoms with Gasteiger partial charge in [0.1, 0.15) is 11.5 Å². The van der Waals surface area contributed by atoms with Crippen LogP contribution >= 0.6 is 12.2 Å². The van der Waals surface area contributed by atoms with Crippen LogP contribution in [0.5, 0.6) is 11.5 Å². The minimum absolute atomic E-state index is 0.0401. The van der Waals surface area contributed by atoms with E-state index in [1.807, 2.05) is 49.4 Å². The molecule has 0 aliphatic carbocycles. The molecule has 0 aliphatic heterocycles. The Kier molecular flexibility index (Phi) is 9.27. The van der Waals surface area contributed by atoms with Gasteiger partial charge in [0.25, 0.3) is 11.8 Å². The minimum Gasteiger partial charge on any atom is -0.484 e.